The highest BCUT2D eigenvalue weighted by molar-refractivity contribution is 14.0. The molecular formula is C15H22F3IN4O. The number of ether oxygens (including phenoxy) is 1. The van der Waals surface area contributed by atoms with Gasteiger partial charge in [0, 0.05) is 6.04 Å². The molecule has 1 unspecified atom stereocenters. The number of para-hydroxylation sites is 2. The van der Waals surface area contributed by atoms with E-state index in [0.717, 1.165) is 0 Å². The van der Waals surface area contributed by atoms with Crippen molar-refractivity contribution >= 4 is 35.6 Å². The van der Waals surface area contributed by atoms with E-state index in [-0.39, 0.29) is 47.4 Å². The number of rotatable bonds is 6. The molecule has 0 spiro atoms. The van der Waals surface area contributed by atoms with Crippen molar-refractivity contribution in [2.75, 3.05) is 26.0 Å². The Labute approximate surface area is 156 Å². The fraction of sp³-hybridized carbons (Fsp3) is 0.533. The second kappa shape index (κ2) is 8.75. The number of nitrogens with zero attached hydrogens (tertiary/aromatic N) is 2. The third-order valence-corrected chi connectivity index (χ3v) is 3.65. The van der Waals surface area contributed by atoms with Crippen molar-refractivity contribution in [1.29, 1.82) is 0 Å². The fourth-order valence-electron chi connectivity index (χ4n) is 2.37. The zero-order valence-electron chi connectivity index (χ0n) is 13.5. The Morgan fingerprint density at radius 1 is 1.38 bits per heavy atom. The number of hydrogen-bond donors (Lipinski definition) is 2. The molecule has 24 heavy (non-hydrogen) atoms. The van der Waals surface area contributed by atoms with Gasteiger partial charge in [0.15, 0.2) is 11.7 Å². The molecule has 1 aliphatic carbocycles. The Bertz CT molecular complexity index is 560. The van der Waals surface area contributed by atoms with Gasteiger partial charge in [0.2, 0.25) is 0 Å². The lowest BCUT2D eigenvalue weighted by Gasteiger charge is -2.22. The van der Waals surface area contributed by atoms with Crippen molar-refractivity contribution in [2.24, 2.45) is 16.6 Å². The summed E-state index contributed by atoms with van der Waals surface area (Å²) in [6.07, 6.45) is -2.41. The predicted octanol–water partition coefficient (Wildman–Crippen LogP) is 3.27. The van der Waals surface area contributed by atoms with E-state index in [0.29, 0.717) is 12.5 Å². The largest absolute Gasteiger partial charge is 0.573 e. The average molecular weight is 458 g/mol. The number of benzene rings is 1. The van der Waals surface area contributed by atoms with Gasteiger partial charge in [-0.25, -0.2) is 0 Å². The second-order valence-corrected chi connectivity index (χ2v) is 5.76. The summed E-state index contributed by atoms with van der Waals surface area (Å²) in [5.74, 6) is 0.336. The second-order valence-electron chi connectivity index (χ2n) is 5.76. The first-order valence-corrected chi connectivity index (χ1v) is 7.34. The minimum Gasteiger partial charge on any atom is -0.404 e. The lowest BCUT2D eigenvalue weighted by molar-refractivity contribution is -0.274. The molecule has 0 amide bonds. The van der Waals surface area contributed by atoms with Crippen molar-refractivity contribution in [2.45, 2.75) is 25.2 Å². The van der Waals surface area contributed by atoms with Crippen LogP contribution in [-0.2, 0) is 0 Å². The Hall–Kier alpha value is -1.23. The molecule has 0 aromatic heterocycles. The van der Waals surface area contributed by atoms with E-state index in [1.54, 1.807) is 6.07 Å². The minimum absolute atomic E-state index is 0. The number of anilines is 1. The summed E-state index contributed by atoms with van der Waals surface area (Å²) < 4.78 is 41.1. The molecule has 1 aromatic rings. The van der Waals surface area contributed by atoms with E-state index in [1.165, 1.54) is 31.0 Å². The van der Waals surface area contributed by atoms with Gasteiger partial charge in [-0.15, -0.1) is 37.1 Å². The number of nitrogens with one attached hydrogen (secondary N) is 1. The van der Waals surface area contributed by atoms with Crippen molar-refractivity contribution in [3.63, 3.8) is 0 Å². The van der Waals surface area contributed by atoms with Gasteiger partial charge in [-0.3, -0.25) is 4.99 Å². The molecule has 5 nitrogen and oxygen atoms in total. The number of halogens is 4. The van der Waals surface area contributed by atoms with E-state index in [4.69, 9.17) is 5.73 Å². The van der Waals surface area contributed by atoms with Crippen LogP contribution in [0.4, 0.5) is 18.9 Å². The number of likely N-dealkylation sites (N-methyl/N-ethyl adjacent to an activating group) is 1. The summed E-state index contributed by atoms with van der Waals surface area (Å²) in [6, 6.07) is 6.00. The summed E-state index contributed by atoms with van der Waals surface area (Å²) in [7, 11) is 3.96. The molecule has 1 fully saturated rings. The summed E-state index contributed by atoms with van der Waals surface area (Å²) in [5, 5.41) is 2.67. The molecule has 1 saturated carbocycles. The number of nitrogens with two attached hydrogens (primary N) is 1. The first kappa shape index (κ1) is 20.8. The Balaban J connectivity index is 0.00000288. The summed E-state index contributed by atoms with van der Waals surface area (Å²) in [6.45, 7) is 0.499. The van der Waals surface area contributed by atoms with Gasteiger partial charge in [-0.2, -0.15) is 0 Å². The maximum atomic E-state index is 12.4. The number of aliphatic imine (C=N–C) groups is 1. The van der Waals surface area contributed by atoms with Crippen molar-refractivity contribution in [1.82, 2.24) is 4.90 Å². The van der Waals surface area contributed by atoms with Gasteiger partial charge >= 0.3 is 6.36 Å². The summed E-state index contributed by atoms with van der Waals surface area (Å²) >= 11 is 0. The first-order chi connectivity index (χ1) is 10.8. The van der Waals surface area contributed by atoms with Crippen LogP contribution < -0.4 is 15.8 Å². The molecule has 0 saturated heterocycles. The zero-order valence-corrected chi connectivity index (χ0v) is 15.8. The Kier molecular flexibility index (Phi) is 7.58. The van der Waals surface area contributed by atoms with Gasteiger partial charge < -0.3 is 20.7 Å². The Morgan fingerprint density at radius 2 is 2.00 bits per heavy atom. The van der Waals surface area contributed by atoms with Crippen molar-refractivity contribution in [3.05, 3.63) is 24.3 Å². The Morgan fingerprint density at radius 3 is 2.54 bits per heavy atom. The van der Waals surface area contributed by atoms with Crippen LogP contribution in [0.2, 0.25) is 0 Å². The van der Waals surface area contributed by atoms with Crippen molar-refractivity contribution < 1.29 is 17.9 Å². The highest BCUT2D eigenvalue weighted by Gasteiger charge is 2.33. The van der Waals surface area contributed by atoms with E-state index in [2.05, 4.69) is 19.9 Å². The topological polar surface area (TPSA) is 62.9 Å². The molecule has 0 bridgehead atoms. The van der Waals surface area contributed by atoms with Crippen LogP contribution in [0.15, 0.2) is 29.3 Å². The van der Waals surface area contributed by atoms with E-state index in [9.17, 15) is 13.2 Å². The van der Waals surface area contributed by atoms with Crippen LogP contribution >= 0.6 is 24.0 Å². The third kappa shape index (κ3) is 6.71. The molecule has 3 N–H and O–H groups in total. The molecule has 136 valence electrons. The highest BCUT2D eigenvalue weighted by Crippen LogP contribution is 2.34. The smallest absolute Gasteiger partial charge is 0.404 e. The normalized spacial score (nSPS) is 16.5. The van der Waals surface area contributed by atoms with Crippen LogP contribution in [0.25, 0.3) is 0 Å². The van der Waals surface area contributed by atoms with Crippen LogP contribution in [0.1, 0.15) is 12.8 Å². The first-order valence-electron chi connectivity index (χ1n) is 7.34. The molecule has 0 radical (unpaired) electrons. The lowest BCUT2D eigenvalue weighted by atomic mass is 10.2. The van der Waals surface area contributed by atoms with E-state index >= 15 is 0 Å². The van der Waals surface area contributed by atoms with Gasteiger partial charge in [-0.05, 0) is 45.0 Å². The van der Waals surface area contributed by atoms with Gasteiger partial charge in [0.1, 0.15) is 0 Å². The van der Waals surface area contributed by atoms with Crippen LogP contribution in [0.5, 0.6) is 5.75 Å². The lowest BCUT2D eigenvalue weighted by Crippen LogP contribution is -2.34. The molecule has 1 aliphatic rings. The molecule has 0 heterocycles. The zero-order chi connectivity index (χ0) is 17.0. The minimum atomic E-state index is -4.76. The predicted molar refractivity (Wildman–Crippen MR) is 98.9 cm³/mol. The van der Waals surface area contributed by atoms with Gasteiger partial charge in [-0.1, -0.05) is 12.1 Å². The average Bonchev–Trinajstić information content (AvgIpc) is 3.24. The summed E-state index contributed by atoms with van der Waals surface area (Å²) in [4.78, 5) is 6.34. The molecule has 1 atom stereocenters. The quantitative estimate of drug-likeness (QED) is 0.391. The van der Waals surface area contributed by atoms with Crippen molar-refractivity contribution in [3.8, 4) is 5.75 Å². The number of guanidine groups is 1. The summed E-state index contributed by atoms with van der Waals surface area (Å²) in [5.41, 5.74) is 5.91. The molecule has 1 aromatic carbocycles. The standard InChI is InChI=1S/C15H21F3N4O.HI/c1-22(2)12(10-7-8-10)9-20-14(19)21-11-5-3-4-6-13(11)23-15(16,17)18;/h3-6,10,12H,7-9H2,1-2H3,(H3,19,20,21);1H. The SMILES string of the molecule is CN(C)C(CN=C(N)Nc1ccccc1OC(F)(F)F)C1CC1.I. The molecule has 2 rings (SSSR count). The van der Waals surface area contributed by atoms with Gasteiger partial charge in [0.05, 0.1) is 12.2 Å². The number of alkyl halides is 3. The van der Waals surface area contributed by atoms with E-state index in [1.807, 2.05) is 14.1 Å². The van der Waals surface area contributed by atoms with Crippen LogP contribution in [0.3, 0.4) is 0 Å². The third-order valence-electron chi connectivity index (χ3n) is 3.65. The molecule has 0 aliphatic heterocycles. The molecule has 9 heteroatoms. The highest BCUT2D eigenvalue weighted by atomic mass is 127. The van der Waals surface area contributed by atoms with Crippen LogP contribution in [0, 0.1) is 5.92 Å². The maximum absolute atomic E-state index is 12.4. The van der Waals surface area contributed by atoms with E-state index < -0.39 is 6.36 Å². The number of hydrogen-bond acceptors (Lipinski definition) is 3. The van der Waals surface area contributed by atoms with Crippen LogP contribution in [-0.4, -0.2) is 43.9 Å². The van der Waals surface area contributed by atoms with Gasteiger partial charge in [0.25, 0.3) is 0 Å². The molecular weight excluding hydrogens is 436 g/mol. The fourth-order valence-corrected chi connectivity index (χ4v) is 2.37. The monoisotopic (exact) mass is 458 g/mol. The maximum Gasteiger partial charge on any atom is 0.573 e.